The van der Waals surface area contributed by atoms with Crippen LogP contribution in [0, 0.1) is 0 Å². The van der Waals surface area contributed by atoms with Gasteiger partial charge in [0.1, 0.15) is 17.6 Å². The molecular formula is C28H19Cl3F3NO4. The lowest BCUT2D eigenvalue weighted by atomic mass is 10.0. The van der Waals surface area contributed by atoms with Gasteiger partial charge in [0.2, 0.25) is 0 Å². The van der Waals surface area contributed by atoms with Crippen LogP contribution >= 0.6 is 34.8 Å². The van der Waals surface area contributed by atoms with Crippen LogP contribution in [0.5, 0.6) is 0 Å². The number of furan rings is 1. The van der Waals surface area contributed by atoms with Crippen LogP contribution in [0.25, 0.3) is 11.3 Å². The number of alkyl halides is 3. The van der Waals surface area contributed by atoms with Gasteiger partial charge in [-0.15, -0.1) is 0 Å². The minimum Gasteiger partial charge on any atom is -0.480 e. The van der Waals surface area contributed by atoms with E-state index in [1.807, 2.05) is 0 Å². The van der Waals surface area contributed by atoms with E-state index >= 15 is 0 Å². The van der Waals surface area contributed by atoms with Gasteiger partial charge in [-0.2, -0.15) is 13.2 Å². The van der Waals surface area contributed by atoms with Crippen molar-refractivity contribution < 1.29 is 32.3 Å². The van der Waals surface area contributed by atoms with E-state index in [1.165, 1.54) is 30.3 Å². The van der Waals surface area contributed by atoms with Gasteiger partial charge < -0.3 is 14.4 Å². The zero-order valence-electron chi connectivity index (χ0n) is 19.9. The predicted molar refractivity (Wildman–Crippen MR) is 142 cm³/mol. The highest BCUT2D eigenvalue weighted by molar-refractivity contribution is 6.36. The van der Waals surface area contributed by atoms with Gasteiger partial charge in [-0.1, -0.05) is 65.1 Å². The maximum atomic E-state index is 13.7. The molecule has 4 aromatic rings. The predicted octanol–water partition coefficient (Wildman–Crippen LogP) is 8.26. The second-order valence-corrected chi connectivity index (χ2v) is 9.81. The summed E-state index contributed by atoms with van der Waals surface area (Å²) in [6, 6.07) is 17.3. The van der Waals surface area contributed by atoms with Crippen molar-refractivity contribution in [2.45, 2.75) is 25.2 Å². The number of carbonyl (C=O) groups excluding carboxylic acids is 1. The summed E-state index contributed by atoms with van der Waals surface area (Å²) in [6.07, 6.45) is -4.62. The summed E-state index contributed by atoms with van der Waals surface area (Å²) in [7, 11) is 0. The summed E-state index contributed by atoms with van der Waals surface area (Å²) >= 11 is 18.4. The third-order valence-electron chi connectivity index (χ3n) is 5.90. The molecule has 1 unspecified atom stereocenters. The first-order chi connectivity index (χ1) is 18.4. The molecule has 0 aliphatic heterocycles. The molecule has 1 amide bonds. The molecule has 202 valence electrons. The third kappa shape index (κ3) is 6.76. The smallest absolute Gasteiger partial charge is 0.416 e. The second-order valence-electron chi connectivity index (χ2n) is 8.56. The van der Waals surface area contributed by atoms with Crippen LogP contribution in [-0.2, 0) is 23.9 Å². The topological polar surface area (TPSA) is 70.8 Å². The number of benzene rings is 3. The summed E-state index contributed by atoms with van der Waals surface area (Å²) < 4.78 is 45.5. The Kier molecular flexibility index (Phi) is 8.59. The average molecular weight is 597 g/mol. The quantitative estimate of drug-likeness (QED) is 0.222. The Hall–Kier alpha value is -3.46. The maximum absolute atomic E-state index is 13.7. The van der Waals surface area contributed by atoms with Crippen molar-refractivity contribution >= 4 is 46.7 Å². The van der Waals surface area contributed by atoms with Crippen LogP contribution in [0.15, 0.2) is 83.3 Å². The number of nitrogens with zero attached hydrogens (tertiary/aromatic N) is 1. The average Bonchev–Trinajstić information content (AvgIpc) is 3.34. The number of hydrogen-bond acceptors (Lipinski definition) is 3. The molecule has 0 fully saturated rings. The molecule has 1 N–H and O–H groups in total. The van der Waals surface area contributed by atoms with Crippen molar-refractivity contribution in [3.05, 3.63) is 116 Å². The van der Waals surface area contributed by atoms with Crippen molar-refractivity contribution in [2.75, 3.05) is 0 Å². The molecule has 1 atom stereocenters. The van der Waals surface area contributed by atoms with Gasteiger partial charge in [0.15, 0.2) is 0 Å². The van der Waals surface area contributed by atoms with E-state index in [0.717, 1.165) is 23.1 Å². The van der Waals surface area contributed by atoms with Crippen molar-refractivity contribution in [1.29, 1.82) is 0 Å². The standard InChI is InChI=1S/C28H19Cl3F3NO4/c29-18-7-9-20(23(31)14-18)26(36)35(24(27(37)38)12-16-4-2-1-3-5-16)15-19-8-11-25(39-19)21-13-17(28(32,33)34)6-10-22(21)30/h1-11,13-14,24H,12,15H2,(H,37,38). The highest BCUT2D eigenvalue weighted by Gasteiger charge is 2.33. The van der Waals surface area contributed by atoms with E-state index in [4.69, 9.17) is 39.2 Å². The molecule has 3 aromatic carbocycles. The lowest BCUT2D eigenvalue weighted by Crippen LogP contribution is -2.46. The van der Waals surface area contributed by atoms with E-state index in [-0.39, 0.29) is 50.7 Å². The van der Waals surface area contributed by atoms with Crippen LogP contribution in [0.4, 0.5) is 13.2 Å². The van der Waals surface area contributed by atoms with Gasteiger partial charge >= 0.3 is 12.1 Å². The fraction of sp³-hybridized carbons (Fsp3) is 0.143. The van der Waals surface area contributed by atoms with Crippen molar-refractivity contribution in [3.8, 4) is 11.3 Å². The molecule has 5 nitrogen and oxygen atoms in total. The summed E-state index contributed by atoms with van der Waals surface area (Å²) in [5.74, 6) is -1.83. The molecule has 0 aliphatic carbocycles. The molecule has 0 radical (unpaired) electrons. The van der Waals surface area contributed by atoms with E-state index in [9.17, 15) is 27.9 Å². The third-order valence-corrected chi connectivity index (χ3v) is 6.78. The SMILES string of the molecule is O=C(O)C(Cc1ccccc1)N(Cc1ccc(-c2cc(C(F)(F)F)ccc2Cl)o1)C(=O)c1ccc(Cl)cc1Cl. The van der Waals surface area contributed by atoms with Crippen LogP contribution in [0.3, 0.4) is 0 Å². The highest BCUT2D eigenvalue weighted by atomic mass is 35.5. The Morgan fingerprint density at radius 3 is 2.26 bits per heavy atom. The lowest BCUT2D eigenvalue weighted by molar-refractivity contribution is -0.142. The molecule has 1 heterocycles. The zero-order valence-corrected chi connectivity index (χ0v) is 22.2. The number of hydrogen-bond donors (Lipinski definition) is 1. The van der Waals surface area contributed by atoms with Crippen LogP contribution in [0.2, 0.25) is 15.1 Å². The van der Waals surface area contributed by atoms with E-state index in [2.05, 4.69) is 0 Å². The van der Waals surface area contributed by atoms with E-state index in [1.54, 1.807) is 30.3 Å². The molecule has 0 bridgehead atoms. The van der Waals surface area contributed by atoms with E-state index < -0.39 is 29.7 Å². The minimum atomic E-state index is -4.60. The Labute approximate surface area is 236 Å². The Morgan fingerprint density at radius 1 is 0.897 bits per heavy atom. The zero-order chi connectivity index (χ0) is 28.3. The summed E-state index contributed by atoms with van der Waals surface area (Å²) in [5, 5.41) is 10.5. The number of amides is 1. The van der Waals surface area contributed by atoms with Crippen LogP contribution in [0.1, 0.15) is 27.2 Å². The van der Waals surface area contributed by atoms with Gasteiger partial charge in [-0.05, 0) is 54.1 Å². The van der Waals surface area contributed by atoms with Gasteiger partial charge in [-0.25, -0.2) is 4.79 Å². The fourth-order valence-electron chi connectivity index (χ4n) is 3.98. The van der Waals surface area contributed by atoms with E-state index in [0.29, 0.717) is 5.56 Å². The first-order valence-electron chi connectivity index (χ1n) is 11.4. The first kappa shape index (κ1) is 28.5. The molecular weight excluding hydrogens is 578 g/mol. The summed E-state index contributed by atoms with van der Waals surface area (Å²) in [4.78, 5) is 27.1. The number of aliphatic carboxylic acids is 1. The second kappa shape index (κ2) is 11.7. The summed E-state index contributed by atoms with van der Waals surface area (Å²) in [5.41, 5.74) is -0.230. The van der Waals surface area contributed by atoms with Crippen LogP contribution in [-0.4, -0.2) is 27.9 Å². The molecule has 39 heavy (non-hydrogen) atoms. The normalized spacial score (nSPS) is 12.3. The van der Waals surface area contributed by atoms with Crippen molar-refractivity contribution in [3.63, 3.8) is 0 Å². The van der Waals surface area contributed by atoms with Crippen molar-refractivity contribution in [1.82, 2.24) is 4.90 Å². The number of rotatable bonds is 8. The highest BCUT2D eigenvalue weighted by Crippen LogP contribution is 2.37. The Morgan fingerprint density at radius 2 is 1.62 bits per heavy atom. The molecule has 0 saturated carbocycles. The monoisotopic (exact) mass is 595 g/mol. The number of carboxylic acids is 1. The number of halogens is 6. The molecule has 0 aliphatic rings. The largest absolute Gasteiger partial charge is 0.480 e. The van der Waals surface area contributed by atoms with Crippen LogP contribution < -0.4 is 0 Å². The molecule has 11 heteroatoms. The maximum Gasteiger partial charge on any atom is 0.416 e. The first-order valence-corrected chi connectivity index (χ1v) is 12.6. The molecule has 4 rings (SSSR count). The van der Waals surface area contributed by atoms with Gasteiger partial charge in [-0.3, -0.25) is 4.79 Å². The Balaban J connectivity index is 1.72. The van der Waals surface area contributed by atoms with Gasteiger partial charge in [0.25, 0.3) is 5.91 Å². The minimum absolute atomic E-state index is 0.00423. The number of carboxylic acid groups (broad SMARTS) is 1. The molecule has 1 aromatic heterocycles. The molecule has 0 spiro atoms. The lowest BCUT2D eigenvalue weighted by Gasteiger charge is -2.29. The van der Waals surface area contributed by atoms with Gasteiger partial charge in [0, 0.05) is 17.0 Å². The molecule has 0 saturated heterocycles. The Bertz CT molecular complexity index is 1510. The van der Waals surface area contributed by atoms with Gasteiger partial charge in [0.05, 0.1) is 27.7 Å². The number of carbonyl (C=O) groups is 2. The summed E-state index contributed by atoms with van der Waals surface area (Å²) in [6.45, 7) is -0.321. The fourth-order valence-corrected chi connectivity index (χ4v) is 4.68. The van der Waals surface area contributed by atoms with Crippen molar-refractivity contribution in [2.24, 2.45) is 0 Å².